The Bertz CT molecular complexity index is 1070. The fourth-order valence-corrected chi connectivity index (χ4v) is 4.92. The largest absolute Gasteiger partial charge is 0.113 e. The minimum atomic E-state index is -0.383. The van der Waals surface area contributed by atoms with E-state index in [1.54, 1.807) is 0 Å². The van der Waals surface area contributed by atoms with E-state index < -0.39 is 0 Å². The van der Waals surface area contributed by atoms with Crippen molar-refractivity contribution in [1.82, 2.24) is 0 Å². The van der Waals surface area contributed by atoms with E-state index in [2.05, 4.69) is 101 Å². The van der Waals surface area contributed by atoms with E-state index in [1.807, 2.05) is 12.1 Å². The molecule has 0 spiro atoms. The number of halogens is 1. The molecule has 0 amide bonds. The Morgan fingerprint density at radius 3 is 1.74 bits per heavy atom. The third-order valence-corrected chi connectivity index (χ3v) is 6.02. The molecule has 2 radical (unpaired) electrons. The van der Waals surface area contributed by atoms with Crippen molar-refractivity contribution in [3.8, 4) is 11.1 Å². The lowest BCUT2D eigenvalue weighted by Gasteiger charge is -2.34. The van der Waals surface area contributed by atoms with Crippen molar-refractivity contribution in [3.63, 3.8) is 0 Å². The van der Waals surface area contributed by atoms with Gasteiger partial charge in [-0.1, -0.05) is 106 Å². The maximum absolute atomic E-state index is 6.22. The Labute approximate surface area is 169 Å². The first-order valence-electron chi connectivity index (χ1n) is 9.03. The van der Waals surface area contributed by atoms with Gasteiger partial charge in [-0.2, -0.15) is 0 Å². The first-order valence-corrected chi connectivity index (χ1v) is 9.82. The van der Waals surface area contributed by atoms with Crippen molar-refractivity contribution in [2.45, 2.75) is 5.41 Å². The number of hydrogen-bond acceptors (Lipinski definition) is 0. The van der Waals surface area contributed by atoms with E-state index in [1.165, 1.54) is 33.4 Å². The Balaban J connectivity index is 1.98. The van der Waals surface area contributed by atoms with Gasteiger partial charge in [0.1, 0.15) is 7.85 Å². The molecule has 0 unspecified atom stereocenters. The van der Waals surface area contributed by atoms with E-state index in [9.17, 15) is 0 Å². The zero-order chi connectivity index (χ0) is 18.4. The molecule has 1 aliphatic carbocycles. The summed E-state index contributed by atoms with van der Waals surface area (Å²) in [5.41, 5.74) is 8.00. The molecule has 1 aliphatic rings. The minimum absolute atomic E-state index is 0.383. The molecule has 0 heterocycles. The summed E-state index contributed by atoms with van der Waals surface area (Å²) >= 11 is 3.68. The van der Waals surface area contributed by atoms with E-state index in [4.69, 9.17) is 7.85 Å². The lowest BCUT2D eigenvalue weighted by atomic mass is 9.67. The highest BCUT2D eigenvalue weighted by Gasteiger charge is 2.45. The van der Waals surface area contributed by atoms with Crippen LogP contribution in [-0.2, 0) is 5.41 Å². The summed E-state index contributed by atoms with van der Waals surface area (Å²) in [6.45, 7) is 0. The van der Waals surface area contributed by atoms with Crippen LogP contribution in [0.25, 0.3) is 11.1 Å². The maximum atomic E-state index is 6.22. The van der Waals surface area contributed by atoms with E-state index in [0.29, 0.717) is 0 Å². The highest BCUT2D eigenvalue weighted by molar-refractivity contribution is 9.10. The van der Waals surface area contributed by atoms with Gasteiger partial charge in [-0.15, -0.1) is 0 Å². The minimum Gasteiger partial charge on any atom is -0.0963 e. The molecule has 5 rings (SSSR count). The van der Waals surface area contributed by atoms with Gasteiger partial charge in [-0.05, 0) is 45.5 Å². The van der Waals surface area contributed by atoms with Crippen LogP contribution in [0, 0.1) is 0 Å². The summed E-state index contributed by atoms with van der Waals surface area (Å²) in [5, 5.41) is 0. The van der Waals surface area contributed by atoms with Crippen molar-refractivity contribution in [2.75, 3.05) is 0 Å². The van der Waals surface area contributed by atoms with E-state index >= 15 is 0 Å². The molecule has 2 heteroatoms. The molecule has 4 aromatic carbocycles. The number of benzene rings is 4. The molecule has 0 N–H and O–H groups in total. The quantitative estimate of drug-likeness (QED) is 0.334. The predicted molar refractivity (Wildman–Crippen MR) is 117 cm³/mol. The second kappa shape index (κ2) is 6.25. The van der Waals surface area contributed by atoms with Crippen LogP contribution in [0.3, 0.4) is 0 Å². The number of hydrogen-bond donors (Lipinski definition) is 0. The number of fused-ring (bicyclic) bond motifs is 3. The summed E-state index contributed by atoms with van der Waals surface area (Å²) in [5.74, 6) is 0. The zero-order valence-electron chi connectivity index (χ0n) is 14.7. The van der Waals surface area contributed by atoms with Gasteiger partial charge in [0.15, 0.2) is 0 Å². The Kier molecular flexibility index (Phi) is 3.84. The van der Waals surface area contributed by atoms with Gasteiger partial charge in [0, 0.05) is 4.47 Å². The van der Waals surface area contributed by atoms with Gasteiger partial charge < -0.3 is 0 Å². The van der Waals surface area contributed by atoms with Crippen molar-refractivity contribution in [1.29, 1.82) is 0 Å². The Morgan fingerprint density at radius 2 is 1.15 bits per heavy atom. The number of rotatable bonds is 2. The first-order chi connectivity index (χ1) is 13.2. The normalized spacial score (nSPS) is 13.8. The Hall–Kier alpha value is -2.58. The van der Waals surface area contributed by atoms with Crippen LogP contribution >= 0.6 is 15.9 Å². The average Bonchev–Trinajstić information content (AvgIpc) is 3.00. The highest BCUT2D eigenvalue weighted by Crippen LogP contribution is 2.55. The fourth-order valence-electron chi connectivity index (χ4n) is 4.52. The van der Waals surface area contributed by atoms with Gasteiger partial charge in [-0.25, -0.2) is 0 Å². The molecular formula is C25H16BBr. The summed E-state index contributed by atoms with van der Waals surface area (Å²) in [6.07, 6.45) is 0. The Morgan fingerprint density at radius 1 is 0.593 bits per heavy atom. The van der Waals surface area contributed by atoms with Gasteiger partial charge in [0.25, 0.3) is 0 Å². The molecular weight excluding hydrogens is 391 g/mol. The monoisotopic (exact) mass is 406 g/mol. The molecule has 0 saturated heterocycles. The molecule has 0 atom stereocenters. The molecule has 0 aliphatic heterocycles. The topological polar surface area (TPSA) is 0 Å². The fraction of sp³-hybridized carbons (Fsp3) is 0.0400. The van der Waals surface area contributed by atoms with Crippen LogP contribution in [0.4, 0.5) is 0 Å². The average molecular weight is 407 g/mol. The van der Waals surface area contributed by atoms with Crippen LogP contribution < -0.4 is 5.46 Å². The van der Waals surface area contributed by atoms with Gasteiger partial charge >= 0.3 is 0 Å². The van der Waals surface area contributed by atoms with Crippen LogP contribution in [-0.4, -0.2) is 7.85 Å². The summed E-state index contributed by atoms with van der Waals surface area (Å²) in [4.78, 5) is 0. The summed E-state index contributed by atoms with van der Waals surface area (Å²) in [6, 6.07) is 34.4. The highest BCUT2D eigenvalue weighted by atomic mass is 79.9. The molecule has 0 saturated carbocycles. The van der Waals surface area contributed by atoms with Crippen LogP contribution in [0.15, 0.2) is 102 Å². The molecule has 0 nitrogen and oxygen atoms in total. The predicted octanol–water partition coefficient (Wildman–Crippen LogP) is 5.61. The van der Waals surface area contributed by atoms with Crippen LogP contribution in [0.1, 0.15) is 22.3 Å². The first kappa shape index (κ1) is 16.6. The van der Waals surface area contributed by atoms with Crippen molar-refractivity contribution in [3.05, 3.63) is 124 Å². The summed E-state index contributed by atoms with van der Waals surface area (Å²) < 4.78 is 1.07. The van der Waals surface area contributed by atoms with E-state index in [-0.39, 0.29) is 5.41 Å². The standard InChI is InChI=1S/C25H16BBr/c26-19-9-5-7-17(15-19)25(18-8-6-10-20(27)16-18)23-13-3-1-11-21(23)22-12-2-4-14-24(22)25/h1-16H. The second-order valence-electron chi connectivity index (χ2n) is 6.98. The molecule has 0 fully saturated rings. The van der Waals surface area contributed by atoms with Gasteiger partial charge in [0.2, 0.25) is 0 Å². The smallest absolute Gasteiger partial charge is 0.0963 e. The lowest BCUT2D eigenvalue weighted by Crippen LogP contribution is -2.29. The van der Waals surface area contributed by atoms with Crippen molar-refractivity contribution >= 4 is 29.2 Å². The lowest BCUT2D eigenvalue weighted by molar-refractivity contribution is 0.768. The zero-order valence-corrected chi connectivity index (χ0v) is 16.3. The van der Waals surface area contributed by atoms with Crippen LogP contribution in [0.5, 0.6) is 0 Å². The third kappa shape index (κ3) is 2.37. The van der Waals surface area contributed by atoms with Crippen LogP contribution in [0.2, 0.25) is 0 Å². The maximum Gasteiger partial charge on any atom is 0.113 e. The molecule has 4 aromatic rings. The molecule has 0 aromatic heterocycles. The van der Waals surface area contributed by atoms with Gasteiger partial charge in [0.05, 0.1) is 5.41 Å². The molecule has 0 bridgehead atoms. The molecule has 126 valence electrons. The van der Waals surface area contributed by atoms with Crippen molar-refractivity contribution in [2.24, 2.45) is 0 Å². The summed E-state index contributed by atoms with van der Waals surface area (Å²) in [7, 11) is 6.22. The third-order valence-electron chi connectivity index (χ3n) is 5.53. The van der Waals surface area contributed by atoms with E-state index in [0.717, 1.165) is 9.94 Å². The second-order valence-corrected chi connectivity index (χ2v) is 7.89. The molecule has 27 heavy (non-hydrogen) atoms. The SMILES string of the molecule is [B]c1cccc(C2(c3cccc(Br)c3)c3ccccc3-c3ccccc32)c1. The van der Waals surface area contributed by atoms with Gasteiger partial charge in [-0.3, -0.25) is 0 Å². The van der Waals surface area contributed by atoms with Crippen molar-refractivity contribution < 1.29 is 0 Å².